The maximum absolute atomic E-state index is 12.2. The zero-order valence-corrected chi connectivity index (χ0v) is 18.9. The van der Waals surface area contributed by atoms with Crippen molar-refractivity contribution in [3.8, 4) is 0 Å². The highest BCUT2D eigenvalue weighted by Crippen LogP contribution is 2.40. The number of hydrogen-bond acceptors (Lipinski definition) is 4. The second-order valence-electron chi connectivity index (χ2n) is 8.76. The van der Waals surface area contributed by atoms with Crippen molar-refractivity contribution in [3.05, 3.63) is 0 Å². The van der Waals surface area contributed by atoms with Crippen molar-refractivity contribution in [2.24, 2.45) is 0 Å². The average Bonchev–Trinajstić information content (AvgIpc) is 2.37. The first-order valence-electron chi connectivity index (χ1n) is 8.80. The molecule has 0 spiro atoms. The molecule has 0 amide bonds. The van der Waals surface area contributed by atoms with E-state index in [2.05, 4.69) is 71.8 Å². The lowest BCUT2D eigenvalue weighted by Crippen LogP contribution is -2.68. The van der Waals surface area contributed by atoms with Crippen LogP contribution in [0.3, 0.4) is 0 Å². The first-order chi connectivity index (χ1) is 10.5. The van der Waals surface area contributed by atoms with Crippen molar-refractivity contribution in [3.63, 3.8) is 0 Å². The standard InChI is InChI=1S/C15H34NO4S.C3H8/c1-11-13(2,3)16(8,9)14(4,5)12-15(6,7)21(17,18)20-19-10;1-3-2/h11-12H2,1-10H3;3H2,1-2H3/q+1;. The monoisotopic (exact) mass is 368 g/mol. The van der Waals surface area contributed by atoms with Gasteiger partial charge in [0.15, 0.2) is 0 Å². The first kappa shape index (κ1) is 26.1. The predicted octanol–water partition coefficient (Wildman–Crippen LogP) is 4.52. The fourth-order valence-corrected chi connectivity index (χ4v) is 3.62. The van der Waals surface area contributed by atoms with Gasteiger partial charge in [0.05, 0.1) is 32.3 Å². The lowest BCUT2D eigenvalue weighted by molar-refractivity contribution is -0.982. The molecule has 0 saturated heterocycles. The molecule has 5 nitrogen and oxygen atoms in total. The minimum absolute atomic E-state index is 0.0332. The molecule has 0 N–H and O–H groups in total. The third-order valence-corrected chi connectivity index (χ3v) is 7.40. The summed E-state index contributed by atoms with van der Waals surface area (Å²) < 4.78 is 28.6. The van der Waals surface area contributed by atoms with Crippen LogP contribution in [0, 0.1) is 0 Å². The molecule has 0 aromatic rings. The zero-order chi connectivity index (χ0) is 20.0. The molecule has 0 rings (SSSR count). The van der Waals surface area contributed by atoms with Crippen molar-refractivity contribution in [1.29, 1.82) is 0 Å². The molecule has 0 bridgehead atoms. The molecule has 0 atom stereocenters. The minimum atomic E-state index is -3.79. The normalized spacial score (nSPS) is 14.2. The summed E-state index contributed by atoms with van der Waals surface area (Å²) >= 11 is 0. The quantitative estimate of drug-likeness (QED) is 0.359. The molecule has 24 heavy (non-hydrogen) atoms. The minimum Gasteiger partial charge on any atom is -0.320 e. The first-order valence-corrected chi connectivity index (χ1v) is 10.2. The number of quaternary nitrogens is 1. The molecule has 0 aromatic heterocycles. The maximum Gasteiger partial charge on any atom is 0.299 e. The topological polar surface area (TPSA) is 52.6 Å². The summed E-state index contributed by atoms with van der Waals surface area (Å²) in [7, 11) is 1.73. The van der Waals surface area contributed by atoms with Gasteiger partial charge in [0.25, 0.3) is 10.1 Å². The molecule has 148 valence electrons. The second kappa shape index (κ2) is 8.97. The molecule has 0 aliphatic rings. The molecule has 0 fully saturated rings. The van der Waals surface area contributed by atoms with Crippen LogP contribution in [0.4, 0.5) is 0 Å². The van der Waals surface area contributed by atoms with Gasteiger partial charge in [-0.05, 0) is 48.0 Å². The van der Waals surface area contributed by atoms with Crippen LogP contribution in [0.15, 0.2) is 0 Å². The Kier molecular flexibility index (Phi) is 9.74. The van der Waals surface area contributed by atoms with E-state index in [-0.39, 0.29) is 11.1 Å². The highest BCUT2D eigenvalue weighted by Gasteiger charge is 2.52. The third kappa shape index (κ3) is 5.97. The van der Waals surface area contributed by atoms with Crippen LogP contribution in [0.25, 0.3) is 0 Å². The molecule has 0 radical (unpaired) electrons. The fraction of sp³-hybridized carbons (Fsp3) is 1.00. The molecule has 0 aromatic carbocycles. The van der Waals surface area contributed by atoms with Crippen LogP contribution in [-0.4, -0.2) is 49.9 Å². The predicted molar refractivity (Wildman–Crippen MR) is 102 cm³/mol. The van der Waals surface area contributed by atoms with Crippen LogP contribution >= 0.6 is 0 Å². The van der Waals surface area contributed by atoms with E-state index in [0.717, 1.165) is 6.42 Å². The van der Waals surface area contributed by atoms with Crippen molar-refractivity contribution >= 4 is 10.1 Å². The van der Waals surface area contributed by atoms with Crippen LogP contribution in [0.1, 0.15) is 81.6 Å². The molecule has 0 aliphatic heterocycles. The lowest BCUT2D eigenvalue weighted by atomic mass is 9.82. The third-order valence-electron chi connectivity index (χ3n) is 5.58. The summed E-state index contributed by atoms with van der Waals surface area (Å²) in [5, 5.41) is 0. The summed E-state index contributed by atoms with van der Waals surface area (Å²) in [6.45, 7) is 18.4. The van der Waals surface area contributed by atoms with Gasteiger partial charge in [-0.25, -0.2) is 4.89 Å². The molecule has 0 unspecified atom stereocenters. The summed E-state index contributed by atoms with van der Waals surface area (Å²) in [6.07, 6.45) is 2.72. The number of hydrogen-bond donors (Lipinski definition) is 0. The maximum atomic E-state index is 12.2. The molecule has 0 heterocycles. The Bertz CT molecular complexity index is 465. The Balaban J connectivity index is 0. The van der Waals surface area contributed by atoms with Gasteiger partial charge in [0, 0.05) is 6.42 Å². The number of rotatable bonds is 8. The van der Waals surface area contributed by atoms with E-state index in [1.807, 2.05) is 0 Å². The highest BCUT2D eigenvalue weighted by molar-refractivity contribution is 7.88. The Morgan fingerprint density at radius 3 is 1.54 bits per heavy atom. The molecular weight excluding hydrogens is 326 g/mol. The van der Waals surface area contributed by atoms with Crippen LogP contribution in [-0.2, 0) is 19.3 Å². The van der Waals surface area contributed by atoms with Gasteiger partial charge in [-0.2, -0.15) is 8.42 Å². The Labute approximate surface area is 151 Å². The smallest absolute Gasteiger partial charge is 0.299 e. The summed E-state index contributed by atoms with van der Waals surface area (Å²) in [4.78, 5) is 4.39. The second-order valence-corrected chi connectivity index (χ2v) is 10.9. The molecule has 0 aliphatic carbocycles. The van der Waals surface area contributed by atoms with E-state index in [4.69, 9.17) is 0 Å². The van der Waals surface area contributed by atoms with E-state index in [1.165, 1.54) is 13.5 Å². The van der Waals surface area contributed by atoms with Crippen LogP contribution in [0.5, 0.6) is 0 Å². The van der Waals surface area contributed by atoms with Gasteiger partial charge in [0.2, 0.25) is 0 Å². The van der Waals surface area contributed by atoms with E-state index < -0.39 is 14.9 Å². The summed E-state index contributed by atoms with van der Waals surface area (Å²) in [5.74, 6) is 0. The van der Waals surface area contributed by atoms with Gasteiger partial charge in [-0.15, -0.1) is 4.33 Å². The average molecular weight is 369 g/mol. The van der Waals surface area contributed by atoms with Gasteiger partial charge in [-0.1, -0.05) is 27.2 Å². The Morgan fingerprint density at radius 2 is 1.25 bits per heavy atom. The van der Waals surface area contributed by atoms with E-state index in [0.29, 0.717) is 10.9 Å². The fourth-order valence-electron chi connectivity index (χ4n) is 2.72. The molecule has 6 heteroatoms. The van der Waals surface area contributed by atoms with Crippen molar-refractivity contribution in [2.75, 3.05) is 21.2 Å². The van der Waals surface area contributed by atoms with E-state index in [9.17, 15) is 8.42 Å². The molecule has 0 saturated carbocycles. The van der Waals surface area contributed by atoms with E-state index in [1.54, 1.807) is 13.8 Å². The van der Waals surface area contributed by atoms with Gasteiger partial charge < -0.3 is 4.48 Å². The largest absolute Gasteiger partial charge is 0.320 e. The lowest BCUT2D eigenvalue weighted by Gasteiger charge is -2.55. The summed E-state index contributed by atoms with van der Waals surface area (Å²) in [5.41, 5.74) is -0.224. The Hall–Kier alpha value is -0.170. The van der Waals surface area contributed by atoms with Gasteiger partial charge >= 0.3 is 0 Å². The van der Waals surface area contributed by atoms with Crippen LogP contribution in [0.2, 0.25) is 0 Å². The van der Waals surface area contributed by atoms with Crippen LogP contribution < -0.4 is 0 Å². The highest BCUT2D eigenvalue weighted by atomic mass is 32.2. The van der Waals surface area contributed by atoms with E-state index >= 15 is 0 Å². The Morgan fingerprint density at radius 1 is 0.875 bits per heavy atom. The zero-order valence-electron chi connectivity index (χ0n) is 18.1. The van der Waals surface area contributed by atoms with Gasteiger partial charge in [-0.3, -0.25) is 0 Å². The van der Waals surface area contributed by atoms with Crippen molar-refractivity contribution < 1.29 is 22.1 Å². The number of nitrogens with zero attached hydrogens (tertiary/aromatic N) is 1. The van der Waals surface area contributed by atoms with Gasteiger partial charge in [0.1, 0.15) is 4.75 Å². The summed E-state index contributed by atoms with van der Waals surface area (Å²) in [6, 6.07) is 0. The molecular formula is C18H42NO4S+. The SMILES string of the molecule is CCC.CCC(C)(C)[N+](C)(C)C(C)(C)CC(C)(C)S(=O)(=O)OOC. The van der Waals surface area contributed by atoms with Crippen molar-refractivity contribution in [1.82, 2.24) is 0 Å². The van der Waals surface area contributed by atoms with Crippen molar-refractivity contribution in [2.45, 2.75) is 97.4 Å².